The molecule has 1 aliphatic heterocycles. The first-order chi connectivity index (χ1) is 8.40. The van der Waals surface area contributed by atoms with E-state index in [-0.39, 0.29) is 12.0 Å². The molecular weight excluding hydrogens is 226 g/mol. The number of piperazine rings is 1. The fourth-order valence-corrected chi connectivity index (χ4v) is 2.32. The average molecular weight is 255 g/mol. The Morgan fingerprint density at radius 1 is 1.11 bits per heavy atom. The first-order valence-corrected chi connectivity index (χ1v) is 7.10. The summed E-state index contributed by atoms with van der Waals surface area (Å²) in [6.07, 6.45) is 0. The van der Waals surface area contributed by atoms with E-state index in [2.05, 4.69) is 36.0 Å². The van der Waals surface area contributed by atoms with E-state index < -0.39 is 0 Å². The summed E-state index contributed by atoms with van der Waals surface area (Å²) in [5.74, 6) is 0.441. The largest absolute Gasteiger partial charge is 0.304 e. The van der Waals surface area contributed by atoms with Gasteiger partial charge >= 0.3 is 0 Å². The summed E-state index contributed by atoms with van der Waals surface area (Å²) in [7, 11) is 2.15. The molecule has 4 nitrogen and oxygen atoms in total. The van der Waals surface area contributed by atoms with Gasteiger partial charge in [0.25, 0.3) is 0 Å². The summed E-state index contributed by atoms with van der Waals surface area (Å²) < 4.78 is 0. The Morgan fingerprint density at radius 2 is 1.67 bits per heavy atom. The van der Waals surface area contributed by atoms with Crippen LogP contribution in [0, 0.1) is 5.92 Å². The third kappa shape index (κ3) is 5.04. The maximum Gasteiger partial charge on any atom is 0.153 e. The third-order valence-electron chi connectivity index (χ3n) is 3.48. The topological polar surface area (TPSA) is 35.6 Å². The number of hydrogen-bond acceptors (Lipinski definition) is 4. The fraction of sp³-hybridized carbons (Fsp3) is 0.929. The maximum absolute atomic E-state index is 12.2. The Labute approximate surface area is 112 Å². The summed E-state index contributed by atoms with van der Waals surface area (Å²) in [5.41, 5.74) is 0. The minimum atomic E-state index is -0.0200. The normalized spacial score (nSPS) is 20.6. The smallest absolute Gasteiger partial charge is 0.153 e. The molecule has 1 fully saturated rings. The second-order valence-electron chi connectivity index (χ2n) is 6.03. The lowest BCUT2D eigenvalue weighted by molar-refractivity contribution is -0.124. The number of rotatable bonds is 6. The predicted molar refractivity (Wildman–Crippen MR) is 75.8 cm³/mol. The molecule has 1 heterocycles. The summed E-state index contributed by atoms with van der Waals surface area (Å²) >= 11 is 0. The number of carbonyl (C=O) groups is 1. The van der Waals surface area contributed by atoms with Crippen LogP contribution in [0.15, 0.2) is 0 Å². The van der Waals surface area contributed by atoms with Gasteiger partial charge in [-0.15, -0.1) is 0 Å². The molecule has 4 heteroatoms. The zero-order valence-corrected chi connectivity index (χ0v) is 12.6. The van der Waals surface area contributed by atoms with Crippen molar-refractivity contribution < 1.29 is 4.79 Å². The van der Waals surface area contributed by atoms with Crippen molar-refractivity contribution in [2.24, 2.45) is 5.92 Å². The van der Waals surface area contributed by atoms with Crippen molar-refractivity contribution in [2.75, 3.05) is 39.8 Å². The number of Topliss-reactive ketones (excluding diaryl/α,β-unsaturated/α-hetero) is 1. The van der Waals surface area contributed by atoms with Crippen LogP contribution in [0.2, 0.25) is 0 Å². The van der Waals surface area contributed by atoms with Gasteiger partial charge in [0.05, 0.1) is 6.04 Å². The Hall–Kier alpha value is -0.450. The minimum absolute atomic E-state index is 0.0200. The molecule has 0 aliphatic carbocycles. The van der Waals surface area contributed by atoms with Crippen LogP contribution >= 0.6 is 0 Å². The van der Waals surface area contributed by atoms with Crippen LogP contribution in [0.5, 0.6) is 0 Å². The van der Waals surface area contributed by atoms with Crippen molar-refractivity contribution in [3.05, 3.63) is 0 Å². The van der Waals surface area contributed by atoms with Crippen LogP contribution in [0.25, 0.3) is 0 Å². The molecule has 18 heavy (non-hydrogen) atoms. The molecule has 0 bridgehead atoms. The molecule has 0 saturated carbocycles. The van der Waals surface area contributed by atoms with Gasteiger partial charge < -0.3 is 10.2 Å². The van der Waals surface area contributed by atoms with E-state index in [9.17, 15) is 4.79 Å². The fourth-order valence-electron chi connectivity index (χ4n) is 2.32. The number of nitrogens with one attached hydrogen (secondary N) is 1. The lowest BCUT2D eigenvalue weighted by Gasteiger charge is -2.35. The molecule has 1 N–H and O–H groups in total. The highest BCUT2D eigenvalue weighted by atomic mass is 16.1. The van der Waals surface area contributed by atoms with E-state index in [1.807, 2.05) is 13.8 Å². The van der Waals surface area contributed by atoms with Crippen molar-refractivity contribution in [2.45, 2.75) is 39.8 Å². The van der Waals surface area contributed by atoms with Crippen molar-refractivity contribution in [3.63, 3.8) is 0 Å². The summed E-state index contributed by atoms with van der Waals surface area (Å²) in [6, 6.07) is 0.332. The quantitative estimate of drug-likeness (QED) is 0.762. The molecule has 1 saturated heterocycles. The van der Waals surface area contributed by atoms with Crippen LogP contribution in [-0.4, -0.2) is 67.4 Å². The standard InChI is InChI=1S/C14H29N3O/c1-11(2)14(18)13(15-12(3)4)10-17-8-6-16(5)7-9-17/h11-13,15H,6-10H2,1-5H3. The third-order valence-corrected chi connectivity index (χ3v) is 3.48. The zero-order valence-electron chi connectivity index (χ0n) is 12.6. The number of ketones is 1. The molecule has 1 atom stereocenters. The Balaban J connectivity index is 2.52. The molecular formula is C14H29N3O. The van der Waals surface area contributed by atoms with Crippen LogP contribution < -0.4 is 5.32 Å². The summed E-state index contributed by atoms with van der Waals surface area (Å²) in [6.45, 7) is 13.4. The molecule has 0 spiro atoms. The van der Waals surface area contributed by atoms with Crippen LogP contribution in [0.1, 0.15) is 27.7 Å². The van der Waals surface area contributed by atoms with Gasteiger partial charge in [0.1, 0.15) is 0 Å². The van der Waals surface area contributed by atoms with Crippen LogP contribution in [-0.2, 0) is 4.79 Å². The van der Waals surface area contributed by atoms with Gasteiger partial charge in [0.15, 0.2) is 5.78 Å². The summed E-state index contributed by atoms with van der Waals surface area (Å²) in [5, 5.41) is 3.41. The Morgan fingerprint density at radius 3 is 2.11 bits per heavy atom. The van der Waals surface area contributed by atoms with Crippen molar-refractivity contribution in [3.8, 4) is 0 Å². The Kier molecular flexibility index (Phi) is 6.26. The molecule has 1 unspecified atom stereocenters. The summed E-state index contributed by atoms with van der Waals surface area (Å²) in [4.78, 5) is 17.0. The van der Waals surface area contributed by atoms with Gasteiger partial charge in [-0.2, -0.15) is 0 Å². The second-order valence-corrected chi connectivity index (χ2v) is 6.03. The molecule has 0 aromatic carbocycles. The number of hydrogen-bond donors (Lipinski definition) is 1. The predicted octanol–water partition coefficient (Wildman–Crippen LogP) is 0.826. The van der Waals surface area contributed by atoms with E-state index in [4.69, 9.17) is 0 Å². The van der Waals surface area contributed by atoms with Gasteiger partial charge in [-0.3, -0.25) is 9.69 Å². The van der Waals surface area contributed by atoms with E-state index in [1.165, 1.54) is 0 Å². The molecule has 1 rings (SSSR count). The number of nitrogens with zero attached hydrogens (tertiary/aromatic N) is 2. The van der Waals surface area contributed by atoms with Gasteiger partial charge in [-0.25, -0.2) is 0 Å². The van der Waals surface area contributed by atoms with Gasteiger partial charge in [0, 0.05) is 44.7 Å². The number of likely N-dealkylation sites (N-methyl/N-ethyl adjacent to an activating group) is 1. The second kappa shape index (κ2) is 7.22. The Bertz CT molecular complexity index is 258. The average Bonchev–Trinajstić information content (AvgIpc) is 2.29. The first-order valence-electron chi connectivity index (χ1n) is 7.10. The van der Waals surface area contributed by atoms with E-state index in [0.29, 0.717) is 11.8 Å². The first kappa shape index (κ1) is 15.6. The van der Waals surface area contributed by atoms with Gasteiger partial charge in [-0.05, 0) is 7.05 Å². The monoisotopic (exact) mass is 255 g/mol. The van der Waals surface area contributed by atoms with Crippen molar-refractivity contribution >= 4 is 5.78 Å². The van der Waals surface area contributed by atoms with Crippen LogP contribution in [0.3, 0.4) is 0 Å². The van der Waals surface area contributed by atoms with Crippen LogP contribution in [0.4, 0.5) is 0 Å². The molecule has 0 amide bonds. The lowest BCUT2D eigenvalue weighted by Crippen LogP contribution is -2.54. The SMILES string of the molecule is CC(C)NC(CN1CCN(C)CC1)C(=O)C(C)C. The lowest BCUT2D eigenvalue weighted by atomic mass is 10.0. The van der Waals surface area contributed by atoms with Crippen molar-refractivity contribution in [1.29, 1.82) is 0 Å². The molecule has 0 aromatic rings. The molecule has 0 radical (unpaired) electrons. The highest BCUT2D eigenvalue weighted by Gasteiger charge is 2.25. The van der Waals surface area contributed by atoms with E-state index >= 15 is 0 Å². The van der Waals surface area contributed by atoms with Gasteiger partial charge in [-0.1, -0.05) is 27.7 Å². The van der Waals surface area contributed by atoms with E-state index in [0.717, 1.165) is 32.7 Å². The zero-order chi connectivity index (χ0) is 13.7. The number of carbonyl (C=O) groups excluding carboxylic acids is 1. The minimum Gasteiger partial charge on any atom is -0.304 e. The van der Waals surface area contributed by atoms with Gasteiger partial charge in [0.2, 0.25) is 0 Å². The highest BCUT2D eigenvalue weighted by Crippen LogP contribution is 2.06. The molecule has 0 aromatic heterocycles. The molecule has 106 valence electrons. The van der Waals surface area contributed by atoms with Crippen molar-refractivity contribution in [1.82, 2.24) is 15.1 Å². The highest BCUT2D eigenvalue weighted by molar-refractivity contribution is 5.86. The van der Waals surface area contributed by atoms with E-state index in [1.54, 1.807) is 0 Å². The molecule has 1 aliphatic rings. The maximum atomic E-state index is 12.2.